The predicted molar refractivity (Wildman–Crippen MR) is 149 cm³/mol. The van der Waals surface area contributed by atoms with Crippen LogP contribution in [0.25, 0.3) is 17.0 Å². The molecule has 3 atom stereocenters. The van der Waals surface area contributed by atoms with Gasteiger partial charge in [0.1, 0.15) is 22.8 Å². The van der Waals surface area contributed by atoms with Gasteiger partial charge in [0.15, 0.2) is 16.5 Å². The van der Waals surface area contributed by atoms with E-state index in [0.717, 1.165) is 0 Å². The summed E-state index contributed by atoms with van der Waals surface area (Å²) in [6.45, 7) is 0. The minimum atomic E-state index is -2.63. The summed E-state index contributed by atoms with van der Waals surface area (Å²) in [6.07, 6.45) is -0.285. The molecule has 1 saturated carbocycles. The number of carbonyl (C=O) groups excluding carboxylic acids is 3. The van der Waals surface area contributed by atoms with Crippen molar-refractivity contribution < 1.29 is 39.7 Å². The van der Waals surface area contributed by atoms with E-state index in [1.165, 1.54) is 29.5 Å². The molecule has 0 unspecified atom stereocenters. The molecule has 3 aliphatic carbocycles. The minimum absolute atomic E-state index is 0.00615. The molecule has 13 nitrogen and oxygen atoms in total. The van der Waals surface area contributed by atoms with Crippen LogP contribution in [0.3, 0.4) is 0 Å². The third-order valence-corrected chi connectivity index (χ3v) is 8.80. The Kier molecular flexibility index (Phi) is 6.13. The fourth-order valence-electron chi connectivity index (χ4n) is 6.10. The molecule has 0 spiro atoms. The number of thiazole rings is 1. The van der Waals surface area contributed by atoms with Gasteiger partial charge in [-0.05, 0) is 36.5 Å². The number of nitro groups is 1. The Hall–Kier alpha value is -5.08. The van der Waals surface area contributed by atoms with Gasteiger partial charge in [0.05, 0.1) is 16.2 Å². The van der Waals surface area contributed by atoms with Gasteiger partial charge in [-0.1, -0.05) is 12.1 Å². The maximum Gasteiger partial charge on any atom is 0.270 e. The maximum absolute atomic E-state index is 13.6. The zero-order valence-corrected chi connectivity index (χ0v) is 22.3. The number of phenolic OH excluding ortho intramolecular Hbond substituents is 1. The van der Waals surface area contributed by atoms with Crippen molar-refractivity contribution >= 4 is 51.1 Å². The molecule has 0 radical (unpaired) electrons. The number of phenols is 1. The SMILES string of the molecule is NC(=O)C1=C(O)[C@@]2(O)C(=O)C3=C(O)c4c(O)ccc(Nc5nc(-c6cccc([N+](=O)[O-])c6)cs5)c4C[C@H]3C[C@H]2CC1=O. The van der Waals surface area contributed by atoms with Gasteiger partial charge >= 0.3 is 0 Å². The van der Waals surface area contributed by atoms with Gasteiger partial charge in [0.25, 0.3) is 11.6 Å². The molecule has 3 aliphatic rings. The van der Waals surface area contributed by atoms with Crippen LogP contribution in [-0.4, -0.2) is 53.4 Å². The number of non-ortho nitro benzene ring substituents is 1. The van der Waals surface area contributed by atoms with Crippen molar-refractivity contribution in [2.24, 2.45) is 17.6 Å². The summed E-state index contributed by atoms with van der Waals surface area (Å²) >= 11 is 1.23. The quantitative estimate of drug-likeness (QED) is 0.109. The lowest BCUT2D eigenvalue weighted by Crippen LogP contribution is -2.58. The number of carbonyl (C=O) groups is 3. The topological polar surface area (TPSA) is 226 Å². The average molecular weight is 591 g/mol. The van der Waals surface area contributed by atoms with E-state index >= 15 is 0 Å². The monoisotopic (exact) mass is 590 g/mol. The number of primary amides is 1. The number of Topliss-reactive ketones (excluding diaryl/α,β-unsaturated/α-hetero) is 2. The maximum atomic E-state index is 13.6. The number of amides is 1. The first-order chi connectivity index (χ1) is 19.9. The van der Waals surface area contributed by atoms with Gasteiger partial charge < -0.3 is 31.5 Å². The number of hydrogen-bond donors (Lipinski definition) is 6. The number of nitro benzene ring substituents is 1. The number of aliphatic hydroxyl groups is 3. The fourth-order valence-corrected chi connectivity index (χ4v) is 6.83. The van der Waals surface area contributed by atoms with Crippen molar-refractivity contribution in [2.75, 3.05) is 5.32 Å². The van der Waals surface area contributed by atoms with Gasteiger partial charge in [0, 0.05) is 46.7 Å². The number of hydrogen-bond acceptors (Lipinski definition) is 12. The molecule has 1 heterocycles. The highest BCUT2D eigenvalue weighted by molar-refractivity contribution is 7.14. The zero-order valence-electron chi connectivity index (χ0n) is 21.5. The fraction of sp³-hybridized carbons (Fsp3) is 0.214. The van der Waals surface area contributed by atoms with E-state index < -0.39 is 63.3 Å². The number of nitrogens with two attached hydrogens (primary N) is 1. The summed E-state index contributed by atoms with van der Waals surface area (Å²) in [7, 11) is 0. The molecule has 214 valence electrons. The molecule has 0 bridgehead atoms. The number of ketones is 2. The number of aromatic hydroxyl groups is 1. The van der Waals surface area contributed by atoms with E-state index in [9.17, 15) is 44.9 Å². The molecular formula is C28H22N4O9S. The van der Waals surface area contributed by atoms with Crippen LogP contribution in [0.4, 0.5) is 16.5 Å². The highest BCUT2D eigenvalue weighted by atomic mass is 32.1. The van der Waals surface area contributed by atoms with Crippen LogP contribution in [0, 0.1) is 22.0 Å². The highest BCUT2D eigenvalue weighted by Gasteiger charge is 2.60. The van der Waals surface area contributed by atoms with Crippen molar-refractivity contribution in [2.45, 2.75) is 24.9 Å². The molecular weight excluding hydrogens is 568 g/mol. The Morgan fingerprint density at radius 2 is 1.93 bits per heavy atom. The summed E-state index contributed by atoms with van der Waals surface area (Å²) < 4.78 is 0. The number of rotatable bonds is 5. The molecule has 6 rings (SSSR count). The molecule has 1 aromatic heterocycles. The lowest BCUT2D eigenvalue weighted by atomic mass is 9.59. The highest BCUT2D eigenvalue weighted by Crippen LogP contribution is 2.53. The Labute approximate surface area is 240 Å². The van der Waals surface area contributed by atoms with Crippen LogP contribution < -0.4 is 11.1 Å². The number of fused-ring (bicyclic) bond motifs is 3. The van der Waals surface area contributed by atoms with Crippen molar-refractivity contribution in [1.29, 1.82) is 0 Å². The van der Waals surface area contributed by atoms with Gasteiger partial charge in [-0.25, -0.2) is 4.98 Å². The van der Waals surface area contributed by atoms with Crippen LogP contribution >= 0.6 is 11.3 Å². The molecule has 1 amide bonds. The Bertz CT molecular complexity index is 1810. The van der Waals surface area contributed by atoms with Crippen LogP contribution in [0.2, 0.25) is 0 Å². The summed E-state index contributed by atoms with van der Waals surface area (Å²) in [4.78, 5) is 53.2. The molecule has 7 N–H and O–H groups in total. The van der Waals surface area contributed by atoms with E-state index in [4.69, 9.17) is 5.73 Å². The van der Waals surface area contributed by atoms with Crippen LogP contribution in [0.15, 0.2) is 58.7 Å². The molecule has 0 saturated heterocycles. The molecule has 1 fully saturated rings. The molecule has 14 heteroatoms. The number of anilines is 2. The van der Waals surface area contributed by atoms with E-state index in [2.05, 4.69) is 10.3 Å². The smallest absolute Gasteiger partial charge is 0.270 e. The van der Waals surface area contributed by atoms with E-state index in [-0.39, 0.29) is 35.4 Å². The second-order valence-corrected chi connectivity index (χ2v) is 11.2. The summed E-state index contributed by atoms with van der Waals surface area (Å²) in [5.41, 5.74) is 3.31. The first-order valence-corrected chi connectivity index (χ1v) is 13.6. The van der Waals surface area contributed by atoms with Gasteiger partial charge in [-0.15, -0.1) is 11.3 Å². The Morgan fingerprint density at radius 3 is 2.64 bits per heavy atom. The second kappa shape index (κ2) is 9.49. The Balaban J connectivity index is 1.38. The average Bonchev–Trinajstić information content (AvgIpc) is 3.41. The van der Waals surface area contributed by atoms with E-state index in [0.29, 0.717) is 27.6 Å². The lowest BCUT2D eigenvalue weighted by Gasteiger charge is -2.46. The Morgan fingerprint density at radius 1 is 1.17 bits per heavy atom. The number of benzene rings is 2. The lowest BCUT2D eigenvalue weighted by molar-refractivity contribution is -0.384. The van der Waals surface area contributed by atoms with Crippen molar-refractivity contribution in [3.05, 3.63) is 79.9 Å². The van der Waals surface area contributed by atoms with Crippen LogP contribution in [0.1, 0.15) is 24.0 Å². The molecule has 3 aromatic rings. The first-order valence-electron chi connectivity index (χ1n) is 12.7. The van der Waals surface area contributed by atoms with E-state index in [1.54, 1.807) is 23.6 Å². The standard InChI is InChI=1S/C28H22N4O9S/c29-26(38)22-19(34)9-13-6-12-8-15-16(30-27-31-17(10-42-27)11-2-1-3-14(7-11)32(40)41)4-5-18(33)21(15)23(35)20(12)24(36)28(13,39)25(22)37/h1-5,7,10,12-13,33,35,37,39H,6,8-9H2,(H2,29,38)(H,30,31)/t12-,13+,28+/m1/s1. The predicted octanol–water partition coefficient (Wildman–Crippen LogP) is 3.20. The summed E-state index contributed by atoms with van der Waals surface area (Å²) in [5.74, 6) is -6.98. The van der Waals surface area contributed by atoms with Gasteiger partial charge in [-0.3, -0.25) is 24.5 Å². The van der Waals surface area contributed by atoms with Crippen molar-refractivity contribution in [3.63, 3.8) is 0 Å². The molecule has 2 aromatic carbocycles. The number of nitrogens with zero attached hydrogens (tertiary/aromatic N) is 2. The van der Waals surface area contributed by atoms with Gasteiger partial charge in [0.2, 0.25) is 5.78 Å². The largest absolute Gasteiger partial charge is 0.508 e. The number of aliphatic hydroxyl groups excluding tert-OH is 2. The molecule has 42 heavy (non-hydrogen) atoms. The van der Waals surface area contributed by atoms with Gasteiger partial charge in [-0.2, -0.15) is 0 Å². The molecule has 0 aliphatic heterocycles. The normalized spacial score (nSPS) is 23.3. The van der Waals surface area contributed by atoms with Crippen molar-refractivity contribution in [3.8, 4) is 17.0 Å². The van der Waals surface area contributed by atoms with Crippen LogP contribution in [-0.2, 0) is 20.8 Å². The zero-order chi connectivity index (χ0) is 30.1. The third-order valence-electron chi connectivity index (χ3n) is 8.05. The first kappa shape index (κ1) is 27.1. The number of aromatic nitrogens is 1. The summed E-state index contributed by atoms with van der Waals surface area (Å²) in [5, 5.41) is 60.4. The van der Waals surface area contributed by atoms with Crippen LogP contribution in [0.5, 0.6) is 5.75 Å². The van der Waals surface area contributed by atoms with E-state index in [1.807, 2.05) is 0 Å². The number of nitrogens with one attached hydrogen (secondary N) is 1. The minimum Gasteiger partial charge on any atom is -0.508 e. The second-order valence-electron chi connectivity index (χ2n) is 10.4. The third kappa shape index (κ3) is 3.94. The summed E-state index contributed by atoms with van der Waals surface area (Å²) in [6, 6.07) is 8.90. The van der Waals surface area contributed by atoms with Crippen molar-refractivity contribution in [1.82, 2.24) is 4.98 Å².